The smallest absolute Gasteiger partial charge is 1.00 e. The minimum absolute atomic E-state index is 0. The molecule has 0 atom stereocenters. The summed E-state index contributed by atoms with van der Waals surface area (Å²) in [5.41, 5.74) is 0.504. The van der Waals surface area contributed by atoms with Crippen LogP contribution in [0.5, 0.6) is 0 Å². The molecule has 0 bridgehead atoms. The van der Waals surface area contributed by atoms with Gasteiger partial charge in [-0.05, 0) is 45.7 Å². The van der Waals surface area contributed by atoms with E-state index in [1.54, 1.807) is 36.2 Å². The summed E-state index contributed by atoms with van der Waals surface area (Å²) in [6, 6.07) is 3.85. The molecule has 0 aliphatic rings. The Morgan fingerprint density at radius 1 is 0.852 bits per heavy atom. The number of aromatic amines is 1. The number of nitrogens with one attached hydrogen (secondary N) is 1. The molecule has 6 rings (SSSR count). The Morgan fingerprint density at radius 2 is 1.30 bits per heavy atom. The fourth-order valence-electron chi connectivity index (χ4n) is 4.58. The molecule has 27 heteroatoms. The number of carbonyl (C=O) groups is 1. The van der Waals surface area contributed by atoms with E-state index in [1.165, 1.54) is 34.8 Å². The van der Waals surface area contributed by atoms with Crippen molar-refractivity contribution < 1.29 is 125 Å². The van der Waals surface area contributed by atoms with Gasteiger partial charge in [0.25, 0.3) is 17.6 Å². The third kappa shape index (κ3) is 15.1. The number of H-pyrrole nitrogens is 1. The van der Waals surface area contributed by atoms with Crippen LogP contribution in [-0.4, -0.2) is 71.3 Å². The number of fused-ring (bicyclic) bond motifs is 2. The Kier molecular flexibility index (Phi) is 27.2. The summed E-state index contributed by atoms with van der Waals surface area (Å²) in [5.74, 6) is 11.2. The third-order valence-electron chi connectivity index (χ3n) is 7.21. The Morgan fingerprint density at radius 3 is 1.74 bits per heavy atom. The second-order valence-corrected chi connectivity index (χ2v) is 12.4. The predicted octanol–water partition coefficient (Wildman–Crippen LogP) is -5.01. The first-order valence-corrected chi connectivity index (χ1v) is 18.5. The maximum atomic E-state index is 13.0. The van der Waals surface area contributed by atoms with Gasteiger partial charge in [-0.25, -0.2) is 29.5 Å². The largest absolute Gasteiger partial charge is 1.00 e. The normalized spacial score (nSPS) is 9.39. The number of carbonyl (C=O) groups excluding carboxylic acids is 1. The van der Waals surface area contributed by atoms with Gasteiger partial charge in [0.15, 0.2) is 43.2 Å². The van der Waals surface area contributed by atoms with E-state index in [4.69, 9.17) is 21.9 Å². The van der Waals surface area contributed by atoms with E-state index < -0.39 is 29.7 Å². The summed E-state index contributed by atoms with van der Waals surface area (Å²) in [4.78, 5) is 86.4. The maximum absolute atomic E-state index is 13.0. The van der Waals surface area contributed by atoms with Gasteiger partial charge in [-0.3, -0.25) is 47.4 Å². The molecule has 21 nitrogen and oxygen atoms in total. The molecule has 0 aromatic carbocycles. The number of hydrogen-bond donors (Lipinski definition) is 1. The molecule has 0 radical (unpaired) electrons. The number of alkyl halides is 2. The summed E-state index contributed by atoms with van der Waals surface area (Å²) in [6.45, 7) is 3.65. The van der Waals surface area contributed by atoms with Crippen LogP contribution in [0.1, 0.15) is 39.4 Å². The number of hydrogen-bond acceptors (Lipinski definition) is 15. The molecule has 0 aliphatic carbocycles. The van der Waals surface area contributed by atoms with Crippen molar-refractivity contribution in [2.45, 2.75) is 38.8 Å². The van der Waals surface area contributed by atoms with Crippen LogP contribution in [0.25, 0.3) is 22.3 Å². The Labute approximate surface area is 457 Å². The van der Waals surface area contributed by atoms with Crippen LogP contribution < -0.4 is 131 Å². The Balaban J connectivity index is 0. The molecular formula is C34H30Br3FK2N14O7. The van der Waals surface area contributed by atoms with E-state index in [9.17, 15) is 23.6 Å². The van der Waals surface area contributed by atoms with Crippen LogP contribution in [0.2, 0.25) is 0 Å². The monoisotopic (exact) mass is 1080 g/mol. The minimum atomic E-state index is -1.00. The van der Waals surface area contributed by atoms with E-state index in [0.717, 1.165) is 4.57 Å². The molecule has 0 spiro atoms. The van der Waals surface area contributed by atoms with Gasteiger partial charge in [-0.15, -0.1) is 11.8 Å². The van der Waals surface area contributed by atoms with Gasteiger partial charge in [0.1, 0.15) is 12.1 Å². The molecule has 0 saturated heterocycles. The third-order valence-corrected chi connectivity index (χ3v) is 8.95. The molecule has 0 aliphatic heterocycles. The SMILES string of the molecule is CC#CCn1c(Br)nc2c1c(=O)[nH]c(=O)n2C.CC#CCn1c(Br)nc2c1c(=O)n(Cc1nccnc1C#N)c(=O)n2C.N#Cc1nccnc1CBr.O=CO[O-].[2H]CF.[H-].[K+].[K+]. The van der Waals surface area contributed by atoms with Crippen LogP contribution in [-0.2, 0) is 48.7 Å². The van der Waals surface area contributed by atoms with Crippen molar-refractivity contribution in [3.8, 4) is 35.8 Å². The molecule has 1 N–H and O–H groups in total. The summed E-state index contributed by atoms with van der Waals surface area (Å²) in [7, 11) is 2.08. The molecule has 308 valence electrons. The van der Waals surface area contributed by atoms with Crippen LogP contribution >= 0.6 is 47.8 Å². The van der Waals surface area contributed by atoms with Gasteiger partial charge in [-0.2, -0.15) is 10.5 Å². The van der Waals surface area contributed by atoms with Gasteiger partial charge in [0.05, 0.1) is 39.5 Å². The van der Waals surface area contributed by atoms with Crippen molar-refractivity contribution in [2.75, 3.05) is 7.15 Å². The first-order valence-electron chi connectivity index (χ1n) is 16.5. The number of aromatic nitrogens is 12. The summed E-state index contributed by atoms with van der Waals surface area (Å²) in [6.07, 6.45) is 5.85. The van der Waals surface area contributed by atoms with Crippen LogP contribution in [0.15, 0.2) is 53.4 Å². The zero-order valence-electron chi connectivity index (χ0n) is 35.1. The number of nitrogens with zero attached hydrogens (tertiary/aromatic N) is 13. The maximum Gasteiger partial charge on any atom is 1.00 e. The van der Waals surface area contributed by atoms with Crippen LogP contribution in [0, 0.1) is 46.3 Å². The fraction of sp³-hybridized carbons (Fsp3) is 0.265. The Hall–Kier alpha value is -3.37. The average Bonchev–Trinajstić information content (AvgIpc) is 3.78. The van der Waals surface area contributed by atoms with Crippen molar-refractivity contribution in [3.05, 3.63) is 98.7 Å². The summed E-state index contributed by atoms with van der Waals surface area (Å²) >= 11 is 9.75. The molecule has 0 fully saturated rings. The minimum Gasteiger partial charge on any atom is -1.00 e. The molecule has 6 heterocycles. The number of nitriles is 2. The quantitative estimate of drug-likeness (QED) is 0.0311. The zero-order valence-corrected chi connectivity index (χ0v) is 44.1. The zero-order chi connectivity index (χ0) is 44.9. The molecular weight excluding hydrogens is 1050 g/mol. The van der Waals surface area contributed by atoms with Crippen molar-refractivity contribution in [1.29, 1.82) is 10.5 Å². The van der Waals surface area contributed by atoms with Crippen molar-refractivity contribution >= 4 is 76.6 Å². The number of halogens is 4. The number of imidazole rings is 2. The van der Waals surface area contributed by atoms with Gasteiger partial charge < -0.3 is 20.7 Å². The van der Waals surface area contributed by atoms with Crippen molar-refractivity contribution in [3.63, 3.8) is 0 Å². The van der Waals surface area contributed by atoms with Gasteiger partial charge >= 0.3 is 114 Å². The summed E-state index contributed by atoms with van der Waals surface area (Å²) < 4.78 is 23.2. The van der Waals surface area contributed by atoms with Crippen molar-refractivity contribution in [1.82, 2.24) is 57.7 Å². The van der Waals surface area contributed by atoms with Gasteiger partial charge in [0.2, 0.25) is 0 Å². The molecule has 61 heavy (non-hydrogen) atoms. The first-order chi connectivity index (χ1) is 28.8. The summed E-state index contributed by atoms with van der Waals surface area (Å²) in [5, 5.41) is 26.6. The second-order valence-electron chi connectivity index (χ2n) is 10.4. The number of aryl methyl sites for hydroxylation is 2. The first kappa shape index (κ1) is 55.7. The van der Waals surface area contributed by atoms with E-state index in [0.29, 0.717) is 43.9 Å². The van der Waals surface area contributed by atoms with E-state index in [-0.39, 0.29) is 146 Å². The second kappa shape index (κ2) is 29.8. The van der Waals surface area contributed by atoms with E-state index in [2.05, 4.69) is 111 Å². The predicted molar refractivity (Wildman–Crippen MR) is 218 cm³/mol. The standard InChI is InChI=1S/C16H12BrN7O2.C10H9BrN4O2.C6H4BrN3.CH3F.CH2O3.2K.H/c1-3-4-7-23-12-13(21-15(23)17)22(2)16(26)24(14(12)25)9-11-10(8-18)19-5-6-20-11;1-3-4-5-15-6-7(12-9(15)11)14(2)10(17)13-8(6)16;7-3-5-6(4-8)10-2-1-9-5;1-2;2-1-4-3;;;/h5-6H,7,9H2,1-2H3;5H2,1-2H3,(H,13,16,17);1-2H,3H2;1H3;1,3H;;;/q;;;;;2*+1;-1/p-1/i;;;1D;;;;. The van der Waals surface area contributed by atoms with Crippen LogP contribution in [0.3, 0.4) is 0 Å². The Bertz CT molecular complexity index is 2940. The molecule has 0 amide bonds. The number of rotatable bonds is 6. The molecule has 0 saturated carbocycles. The van der Waals surface area contributed by atoms with Crippen molar-refractivity contribution in [2.24, 2.45) is 14.1 Å². The molecule has 6 aromatic heterocycles. The molecule has 6 aromatic rings. The van der Waals surface area contributed by atoms with Crippen LogP contribution in [0.4, 0.5) is 4.39 Å². The van der Waals surface area contributed by atoms with Gasteiger partial charge in [-0.1, -0.05) is 27.8 Å². The topological polar surface area (TPSA) is 283 Å². The fourth-order valence-corrected chi connectivity index (χ4v) is 5.93. The molecule has 0 unspecified atom stereocenters. The van der Waals surface area contributed by atoms with E-state index in [1.807, 2.05) is 12.1 Å². The van der Waals surface area contributed by atoms with E-state index >= 15 is 0 Å². The van der Waals surface area contributed by atoms with Gasteiger partial charge in [0, 0.05) is 44.2 Å². The average molecular weight is 1080 g/mol.